The summed E-state index contributed by atoms with van der Waals surface area (Å²) in [6.07, 6.45) is 0.235. The fourth-order valence-corrected chi connectivity index (χ4v) is 3.79. The van der Waals surface area contributed by atoms with Crippen molar-refractivity contribution >= 4 is 40.5 Å². The van der Waals surface area contributed by atoms with Gasteiger partial charge in [0.1, 0.15) is 18.5 Å². The van der Waals surface area contributed by atoms with Crippen LogP contribution in [-0.4, -0.2) is 50.1 Å². The van der Waals surface area contributed by atoms with Gasteiger partial charge in [-0.05, 0) is 47.9 Å². The Morgan fingerprint density at radius 2 is 1.64 bits per heavy atom. The number of benzene rings is 3. The van der Waals surface area contributed by atoms with E-state index in [0.717, 1.165) is 18.8 Å². The normalized spacial score (nSPS) is 11.2. The summed E-state index contributed by atoms with van der Waals surface area (Å²) in [5.74, 6) is -0.357. The van der Waals surface area contributed by atoms with Gasteiger partial charge in [-0.25, -0.2) is 0 Å². The maximum atomic E-state index is 10.7. The molecule has 0 saturated carbocycles. The van der Waals surface area contributed by atoms with Crippen molar-refractivity contribution < 1.29 is 75.9 Å². The summed E-state index contributed by atoms with van der Waals surface area (Å²) < 4.78 is 10.6. The molecule has 0 aromatic heterocycles. The van der Waals surface area contributed by atoms with Gasteiger partial charge >= 0.3 is 51.4 Å². The van der Waals surface area contributed by atoms with E-state index in [4.69, 9.17) is 32.7 Å². The van der Waals surface area contributed by atoms with Crippen molar-refractivity contribution in [1.82, 2.24) is 5.32 Å². The van der Waals surface area contributed by atoms with E-state index in [1.807, 2.05) is 38.1 Å². The second kappa shape index (κ2) is 19.8. The number of hydrogen-bond acceptors (Lipinski definition) is 7. The van der Waals surface area contributed by atoms with E-state index in [0.29, 0.717) is 46.2 Å². The Bertz CT molecular complexity index is 1110. The van der Waals surface area contributed by atoms with Crippen LogP contribution < -0.4 is 71.9 Å². The van der Waals surface area contributed by atoms with E-state index in [1.165, 1.54) is 5.56 Å². The third kappa shape index (κ3) is 14.3. The number of aliphatic hydroxyl groups is 1. The number of rotatable bonds is 13. The van der Waals surface area contributed by atoms with Gasteiger partial charge in [-0.2, -0.15) is 0 Å². The SMILES string of the molecule is COCCc1ccc(OCC(O)CNC(C)C)cc1.O=C([O-])Cc1ccccc1Nc1c(Cl)cccc1Cl.[K+]. The van der Waals surface area contributed by atoms with Crippen molar-refractivity contribution in [3.63, 3.8) is 0 Å². The molecule has 39 heavy (non-hydrogen) atoms. The van der Waals surface area contributed by atoms with Gasteiger partial charge < -0.3 is 35.1 Å². The zero-order valence-corrected chi connectivity index (χ0v) is 27.5. The molecule has 1 unspecified atom stereocenters. The van der Waals surface area contributed by atoms with Gasteiger partial charge in [0, 0.05) is 37.8 Å². The summed E-state index contributed by atoms with van der Waals surface area (Å²) in [6.45, 7) is 5.67. The Morgan fingerprint density at radius 3 is 2.23 bits per heavy atom. The number of methoxy groups -OCH3 is 1. The summed E-state index contributed by atoms with van der Waals surface area (Å²) in [7, 11) is 1.70. The minimum atomic E-state index is -1.14. The minimum absolute atomic E-state index is 0. The number of carboxylic acids is 1. The Labute approximate surface area is 283 Å². The largest absolute Gasteiger partial charge is 1.00 e. The number of halogens is 2. The summed E-state index contributed by atoms with van der Waals surface area (Å²) >= 11 is 12.1. The molecule has 7 nitrogen and oxygen atoms in total. The van der Waals surface area contributed by atoms with E-state index < -0.39 is 12.1 Å². The predicted octanol–water partition coefficient (Wildman–Crippen LogP) is 1.65. The molecule has 0 radical (unpaired) electrons. The zero-order valence-electron chi connectivity index (χ0n) is 22.9. The average molecular weight is 602 g/mol. The average Bonchev–Trinajstić information content (AvgIpc) is 2.89. The smallest absolute Gasteiger partial charge is 0.550 e. The van der Waals surface area contributed by atoms with Crippen LogP contribution in [0.15, 0.2) is 66.7 Å². The third-order valence-corrected chi connectivity index (χ3v) is 5.93. The molecule has 10 heteroatoms. The molecule has 0 aliphatic carbocycles. The molecule has 0 fully saturated rings. The molecule has 3 aromatic carbocycles. The number of carboxylic acid groups (broad SMARTS) is 1. The van der Waals surface area contributed by atoms with E-state index in [2.05, 4.69) is 10.6 Å². The molecule has 1 atom stereocenters. The molecule has 0 saturated heterocycles. The molecule has 3 N–H and O–H groups in total. The molecule has 0 amide bonds. The fraction of sp³-hybridized carbons (Fsp3) is 0.345. The molecule has 3 aromatic rings. The molecule has 0 heterocycles. The van der Waals surface area contributed by atoms with Gasteiger partial charge in [0.05, 0.1) is 22.3 Å². The molecule has 0 aliphatic heterocycles. The first-order chi connectivity index (χ1) is 18.2. The fourth-order valence-electron chi connectivity index (χ4n) is 3.30. The first kappa shape index (κ1) is 35.9. The van der Waals surface area contributed by atoms with Gasteiger partial charge in [0.25, 0.3) is 0 Å². The van der Waals surface area contributed by atoms with E-state index in [9.17, 15) is 15.0 Å². The van der Waals surface area contributed by atoms with Gasteiger partial charge in [0.15, 0.2) is 0 Å². The Morgan fingerprint density at radius 1 is 1.00 bits per heavy atom. The molecule has 0 aliphatic rings. The van der Waals surface area contributed by atoms with Gasteiger partial charge in [-0.1, -0.05) is 73.4 Å². The number of carbonyl (C=O) groups is 1. The maximum absolute atomic E-state index is 10.7. The van der Waals surface area contributed by atoms with Crippen molar-refractivity contribution in [3.05, 3.63) is 87.9 Å². The number of nitrogens with one attached hydrogen (secondary N) is 2. The molecule has 0 spiro atoms. The van der Waals surface area contributed by atoms with Crippen LogP contribution in [0.2, 0.25) is 10.0 Å². The predicted molar refractivity (Wildman–Crippen MR) is 152 cm³/mol. The second-order valence-electron chi connectivity index (χ2n) is 8.84. The molecular weight excluding hydrogens is 566 g/mol. The van der Waals surface area contributed by atoms with Crippen LogP contribution in [0.3, 0.4) is 0 Å². The van der Waals surface area contributed by atoms with Crippen molar-refractivity contribution in [2.45, 2.75) is 38.8 Å². The standard InChI is InChI=1S/C15H25NO3.C14H11Cl2NO2.K/c1-12(2)16-10-14(17)11-19-15-6-4-13(5-7-15)8-9-18-3;15-10-5-3-6-11(16)14(10)17-12-7-2-1-4-9(12)8-13(18)19;/h4-7,12,14,16-17H,8-11H2,1-3H3;1-7,17H,8H2,(H,18,19);/q;;+1/p-1. The van der Waals surface area contributed by atoms with Crippen LogP contribution in [0, 0.1) is 0 Å². The molecule has 3 rings (SSSR count). The number of carbonyl (C=O) groups excluding carboxylic acids is 1. The topological polar surface area (TPSA) is 103 Å². The summed E-state index contributed by atoms with van der Waals surface area (Å²) in [5.41, 5.74) is 3.02. The zero-order chi connectivity index (χ0) is 27.9. The number of ether oxygens (including phenoxy) is 2. The Hall–Kier alpha value is -1.17. The first-order valence-electron chi connectivity index (χ1n) is 12.3. The molecule has 0 bridgehead atoms. The molecule has 206 valence electrons. The monoisotopic (exact) mass is 600 g/mol. The van der Waals surface area contributed by atoms with Gasteiger partial charge in [-0.15, -0.1) is 0 Å². The van der Waals surface area contributed by atoms with E-state index >= 15 is 0 Å². The number of para-hydroxylation sites is 2. The van der Waals surface area contributed by atoms with Crippen molar-refractivity contribution in [1.29, 1.82) is 0 Å². The quantitative estimate of drug-likeness (QED) is 0.256. The van der Waals surface area contributed by atoms with Crippen LogP contribution in [0.25, 0.3) is 0 Å². The first-order valence-corrected chi connectivity index (χ1v) is 13.1. The van der Waals surface area contributed by atoms with Crippen LogP contribution >= 0.6 is 23.2 Å². The maximum Gasteiger partial charge on any atom is 1.00 e. The van der Waals surface area contributed by atoms with E-state index in [1.54, 1.807) is 49.6 Å². The van der Waals surface area contributed by atoms with Crippen molar-refractivity contribution in [3.8, 4) is 5.75 Å². The number of anilines is 2. The Balaban J connectivity index is 0.000000380. The van der Waals surface area contributed by atoms with Crippen LogP contribution in [-0.2, 0) is 22.4 Å². The van der Waals surface area contributed by atoms with Gasteiger partial charge in [0.2, 0.25) is 0 Å². The minimum Gasteiger partial charge on any atom is -0.550 e. The summed E-state index contributed by atoms with van der Waals surface area (Å²) in [6, 6.07) is 20.4. The van der Waals surface area contributed by atoms with Crippen molar-refractivity contribution in [2.75, 3.05) is 32.2 Å². The Kier molecular flexibility index (Phi) is 18.2. The number of aliphatic carboxylic acids is 1. The number of hydrogen-bond donors (Lipinski definition) is 3. The van der Waals surface area contributed by atoms with Crippen LogP contribution in [0.1, 0.15) is 25.0 Å². The second-order valence-corrected chi connectivity index (χ2v) is 9.66. The van der Waals surface area contributed by atoms with Crippen molar-refractivity contribution in [2.24, 2.45) is 0 Å². The van der Waals surface area contributed by atoms with E-state index in [-0.39, 0.29) is 57.8 Å². The van der Waals surface area contributed by atoms with Crippen LogP contribution in [0.5, 0.6) is 5.75 Å². The number of aliphatic hydroxyl groups excluding tert-OH is 1. The summed E-state index contributed by atoms with van der Waals surface area (Å²) in [5, 5.41) is 27.6. The molecular formula is C29H35Cl2KN2O5. The van der Waals surface area contributed by atoms with Gasteiger partial charge in [-0.3, -0.25) is 0 Å². The van der Waals surface area contributed by atoms with Crippen LogP contribution in [0.4, 0.5) is 11.4 Å². The summed E-state index contributed by atoms with van der Waals surface area (Å²) in [4.78, 5) is 10.7. The third-order valence-electron chi connectivity index (χ3n) is 5.30.